The molecule has 0 amide bonds. The van der Waals surface area contributed by atoms with E-state index in [-0.39, 0.29) is 37.0 Å². The summed E-state index contributed by atoms with van der Waals surface area (Å²) >= 11 is 0. The maximum atomic E-state index is 11.6. The van der Waals surface area contributed by atoms with Crippen LogP contribution in [0.15, 0.2) is 54.6 Å². The number of rotatable bonds is 8. The summed E-state index contributed by atoms with van der Waals surface area (Å²) in [6.45, 7) is 0.189. The molecule has 8 heteroatoms. The summed E-state index contributed by atoms with van der Waals surface area (Å²) in [6.07, 6.45) is -0.544. The summed E-state index contributed by atoms with van der Waals surface area (Å²) in [5.41, 5.74) is 0.781. The van der Waals surface area contributed by atoms with Crippen molar-refractivity contribution in [3.63, 3.8) is 0 Å². The molecule has 0 saturated carbocycles. The molecule has 2 aromatic carbocycles. The van der Waals surface area contributed by atoms with E-state index in [2.05, 4.69) is 0 Å². The Bertz CT molecular complexity index is 744. The predicted molar refractivity (Wildman–Crippen MR) is 90.5 cm³/mol. The molecule has 0 spiro atoms. The Labute approximate surface area is 149 Å². The average molecular weight is 359 g/mol. The molecular formula is C18H17NO7. The molecule has 2 aromatic rings. The van der Waals surface area contributed by atoms with Gasteiger partial charge in [0.25, 0.3) is 5.69 Å². The lowest BCUT2D eigenvalue weighted by Gasteiger charge is -2.06. The lowest BCUT2D eigenvalue weighted by atomic mass is 10.2. The summed E-state index contributed by atoms with van der Waals surface area (Å²) in [6, 6.07) is 14.3. The molecule has 0 saturated heterocycles. The van der Waals surface area contributed by atoms with Crippen LogP contribution in [0.3, 0.4) is 0 Å². The summed E-state index contributed by atoms with van der Waals surface area (Å²) in [4.78, 5) is 33.1. The molecule has 0 aliphatic carbocycles. The number of nitro benzene ring substituents is 1. The zero-order valence-electron chi connectivity index (χ0n) is 13.8. The minimum absolute atomic E-state index is 0.00769. The monoisotopic (exact) mass is 359 g/mol. The Morgan fingerprint density at radius 2 is 1.65 bits per heavy atom. The van der Waals surface area contributed by atoms with Gasteiger partial charge in [-0.15, -0.1) is 0 Å². The van der Waals surface area contributed by atoms with Crippen LogP contribution in [0.25, 0.3) is 0 Å². The normalized spacial score (nSPS) is 10.0. The van der Waals surface area contributed by atoms with Gasteiger partial charge in [0.2, 0.25) is 0 Å². The van der Waals surface area contributed by atoms with E-state index < -0.39 is 11.1 Å². The molecule has 0 aliphatic heterocycles. The maximum absolute atomic E-state index is 11.6. The van der Waals surface area contributed by atoms with E-state index in [0.29, 0.717) is 6.42 Å². The molecule has 0 heterocycles. The van der Waals surface area contributed by atoms with Gasteiger partial charge in [-0.2, -0.15) is 0 Å². The number of esters is 1. The van der Waals surface area contributed by atoms with Crippen LogP contribution in [0.1, 0.15) is 18.4 Å². The van der Waals surface area contributed by atoms with Gasteiger partial charge in [0.05, 0.1) is 11.5 Å². The highest BCUT2D eigenvalue weighted by molar-refractivity contribution is 5.69. The summed E-state index contributed by atoms with van der Waals surface area (Å²) < 4.78 is 14.8. The molecule has 136 valence electrons. The first-order valence-corrected chi connectivity index (χ1v) is 7.83. The topological polar surface area (TPSA) is 105 Å². The van der Waals surface area contributed by atoms with Crippen LogP contribution < -0.4 is 4.74 Å². The Morgan fingerprint density at radius 3 is 2.31 bits per heavy atom. The first-order valence-electron chi connectivity index (χ1n) is 7.83. The fraction of sp³-hybridized carbons (Fsp3) is 0.222. The zero-order chi connectivity index (χ0) is 18.8. The number of carbonyl (C=O) groups is 2. The van der Waals surface area contributed by atoms with E-state index in [1.54, 1.807) is 0 Å². The third kappa shape index (κ3) is 6.60. The SMILES string of the molecule is O=C(CCCOC(=O)Oc1ccc([N+](=O)[O-])cc1)OCc1ccccc1. The van der Waals surface area contributed by atoms with Crippen molar-refractivity contribution in [1.82, 2.24) is 0 Å². The van der Waals surface area contributed by atoms with Crippen LogP contribution in [0.4, 0.5) is 10.5 Å². The van der Waals surface area contributed by atoms with Crippen LogP contribution in [-0.4, -0.2) is 23.7 Å². The molecule has 0 fully saturated rings. The molecule has 0 unspecified atom stereocenters. The minimum atomic E-state index is -0.948. The van der Waals surface area contributed by atoms with Gasteiger partial charge in [-0.05, 0) is 24.1 Å². The van der Waals surface area contributed by atoms with Crippen LogP contribution in [-0.2, 0) is 20.9 Å². The van der Waals surface area contributed by atoms with Crippen LogP contribution in [0.5, 0.6) is 5.75 Å². The van der Waals surface area contributed by atoms with E-state index in [1.165, 1.54) is 24.3 Å². The molecule has 0 N–H and O–H groups in total. The van der Waals surface area contributed by atoms with Crippen molar-refractivity contribution in [2.45, 2.75) is 19.4 Å². The van der Waals surface area contributed by atoms with Crippen LogP contribution in [0, 0.1) is 10.1 Å². The molecule has 0 aliphatic rings. The third-order valence-corrected chi connectivity index (χ3v) is 3.24. The average Bonchev–Trinajstić information content (AvgIpc) is 2.65. The molecular weight excluding hydrogens is 342 g/mol. The highest BCUT2D eigenvalue weighted by Gasteiger charge is 2.10. The highest BCUT2D eigenvalue weighted by atomic mass is 16.7. The number of benzene rings is 2. The van der Waals surface area contributed by atoms with E-state index in [4.69, 9.17) is 14.2 Å². The van der Waals surface area contributed by atoms with Gasteiger partial charge in [-0.3, -0.25) is 14.9 Å². The number of non-ortho nitro benzene ring substituents is 1. The largest absolute Gasteiger partial charge is 0.513 e. The number of hydrogen-bond donors (Lipinski definition) is 0. The van der Waals surface area contributed by atoms with Crippen molar-refractivity contribution in [3.05, 3.63) is 70.3 Å². The van der Waals surface area contributed by atoms with Crippen LogP contribution in [0.2, 0.25) is 0 Å². The van der Waals surface area contributed by atoms with Gasteiger partial charge < -0.3 is 14.2 Å². The summed E-state index contributed by atoms with van der Waals surface area (Å²) in [5, 5.41) is 10.5. The fourth-order valence-corrected chi connectivity index (χ4v) is 1.94. The fourth-order valence-electron chi connectivity index (χ4n) is 1.94. The molecule has 0 radical (unpaired) electrons. The zero-order valence-corrected chi connectivity index (χ0v) is 13.8. The smallest absolute Gasteiger partial charge is 0.461 e. The van der Waals surface area contributed by atoms with Crippen molar-refractivity contribution >= 4 is 17.8 Å². The quantitative estimate of drug-likeness (QED) is 0.233. The lowest BCUT2D eigenvalue weighted by molar-refractivity contribution is -0.384. The van der Waals surface area contributed by atoms with Gasteiger partial charge in [0.1, 0.15) is 12.4 Å². The van der Waals surface area contributed by atoms with E-state index >= 15 is 0 Å². The second-order valence-electron chi connectivity index (χ2n) is 5.20. The molecule has 2 rings (SSSR count). The van der Waals surface area contributed by atoms with Crippen molar-refractivity contribution in [1.29, 1.82) is 0 Å². The van der Waals surface area contributed by atoms with Crippen molar-refractivity contribution in [2.24, 2.45) is 0 Å². The second kappa shape index (κ2) is 9.77. The lowest BCUT2D eigenvalue weighted by Crippen LogP contribution is -2.13. The van der Waals surface area contributed by atoms with Gasteiger partial charge in [-0.1, -0.05) is 30.3 Å². The number of hydrogen-bond acceptors (Lipinski definition) is 7. The van der Waals surface area contributed by atoms with Gasteiger partial charge >= 0.3 is 12.1 Å². The number of nitro groups is 1. The summed E-state index contributed by atoms with van der Waals surface area (Å²) in [7, 11) is 0. The van der Waals surface area contributed by atoms with Crippen molar-refractivity contribution in [3.8, 4) is 5.75 Å². The van der Waals surface area contributed by atoms with Gasteiger partial charge in [0, 0.05) is 18.6 Å². The predicted octanol–water partition coefficient (Wildman–Crippen LogP) is 3.63. The van der Waals surface area contributed by atoms with Crippen molar-refractivity contribution in [2.75, 3.05) is 6.61 Å². The standard InChI is InChI=1S/C18H17NO7/c20-17(25-13-14-5-2-1-3-6-14)7-4-12-24-18(21)26-16-10-8-15(9-11-16)19(22)23/h1-3,5-6,8-11H,4,7,12-13H2. The minimum Gasteiger partial charge on any atom is -0.461 e. The highest BCUT2D eigenvalue weighted by Crippen LogP contribution is 2.17. The molecule has 0 atom stereocenters. The van der Waals surface area contributed by atoms with E-state index in [9.17, 15) is 19.7 Å². The van der Waals surface area contributed by atoms with Crippen LogP contribution >= 0.6 is 0 Å². The first kappa shape index (κ1) is 18.9. The third-order valence-electron chi connectivity index (χ3n) is 3.24. The van der Waals surface area contributed by atoms with E-state index in [0.717, 1.165) is 5.56 Å². The number of nitrogens with zero attached hydrogens (tertiary/aromatic N) is 1. The second-order valence-corrected chi connectivity index (χ2v) is 5.20. The molecule has 8 nitrogen and oxygen atoms in total. The first-order chi connectivity index (χ1) is 12.5. The Hall–Kier alpha value is -3.42. The Kier molecular flexibility index (Phi) is 7.11. The molecule has 0 bridgehead atoms. The van der Waals surface area contributed by atoms with Gasteiger partial charge in [0.15, 0.2) is 0 Å². The molecule has 0 aromatic heterocycles. The number of carbonyl (C=O) groups excluding carboxylic acids is 2. The number of ether oxygens (including phenoxy) is 3. The van der Waals surface area contributed by atoms with Gasteiger partial charge in [-0.25, -0.2) is 4.79 Å². The maximum Gasteiger partial charge on any atom is 0.513 e. The van der Waals surface area contributed by atoms with E-state index in [1.807, 2.05) is 30.3 Å². The Balaban J connectivity index is 1.60. The molecule has 26 heavy (non-hydrogen) atoms. The summed E-state index contributed by atoms with van der Waals surface area (Å²) in [5.74, 6) is -0.260. The Morgan fingerprint density at radius 1 is 0.962 bits per heavy atom. The van der Waals surface area contributed by atoms with Crippen molar-refractivity contribution < 1.29 is 28.7 Å².